The standard InChI is InChI=1S/C15H21ClN2O2/c1-8(2)12-11-9(7-18(12)14(19)20)6-10(16)13(17-11)15(3,4)5/h6,8,12H,7H2,1-5H3,(H,19,20)/t12-/m0/s1. The summed E-state index contributed by atoms with van der Waals surface area (Å²) < 4.78 is 0. The molecule has 2 heterocycles. The zero-order valence-corrected chi connectivity index (χ0v) is 13.3. The molecule has 4 nitrogen and oxygen atoms in total. The van der Waals surface area contributed by atoms with Crippen LogP contribution >= 0.6 is 11.6 Å². The minimum Gasteiger partial charge on any atom is -0.465 e. The van der Waals surface area contributed by atoms with E-state index in [0.29, 0.717) is 11.6 Å². The topological polar surface area (TPSA) is 53.4 Å². The van der Waals surface area contributed by atoms with Gasteiger partial charge in [-0.15, -0.1) is 0 Å². The number of fused-ring (bicyclic) bond motifs is 1. The average molecular weight is 297 g/mol. The molecule has 0 fully saturated rings. The summed E-state index contributed by atoms with van der Waals surface area (Å²) in [5.74, 6) is 0.175. The highest BCUT2D eigenvalue weighted by molar-refractivity contribution is 6.31. The third kappa shape index (κ3) is 2.49. The first-order chi connectivity index (χ1) is 9.12. The summed E-state index contributed by atoms with van der Waals surface area (Å²) in [6.07, 6.45) is -0.907. The van der Waals surface area contributed by atoms with Crippen LogP contribution in [0.25, 0.3) is 0 Å². The van der Waals surface area contributed by atoms with Crippen molar-refractivity contribution < 1.29 is 9.90 Å². The van der Waals surface area contributed by atoms with Crippen molar-refractivity contribution in [3.05, 3.63) is 28.0 Å². The van der Waals surface area contributed by atoms with E-state index in [4.69, 9.17) is 16.6 Å². The Morgan fingerprint density at radius 2 is 2.10 bits per heavy atom. The number of pyridine rings is 1. The lowest BCUT2D eigenvalue weighted by Crippen LogP contribution is -2.31. The predicted octanol–water partition coefficient (Wildman–Crippen LogP) is 4.22. The number of hydrogen-bond acceptors (Lipinski definition) is 2. The highest BCUT2D eigenvalue weighted by Gasteiger charge is 2.38. The van der Waals surface area contributed by atoms with Gasteiger partial charge in [-0.25, -0.2) is 4.79 Å². The Balaban J connectivity index is 2.57. The predicted molar refractivity (Wildman–Crippen MR) is 79.1 cm³/mol. The molecule has 0 unspecified atom stereocenters. The molecule has 110 valence electrons. The minimum absolute atomic E-state index is 0.162. The van der Waals surface area contributed by atoms with E-state index < -0.39 is 6.09 Å². The number of amides is 1. The fourth-order valence-electron chi connectivity index (χ4n) is 2.74. The van der Waals surface area contributed by atoms with Crippen molar-refractivity contribution in [2.45, 2.75) is 52.6 Å². The van der Waals surface area contributed by atoms with Crippen molar-refractivity contribution in [3.63, 3.8) is 0 Å². The van der Waals surface area contributed by atoms with Gasteiger partial charge in [0.2, 0.25) is 0 Å². The summed E-state index contributed by atoms with van der Waals surface area (Å²) in [4.78, 5) is 17.6. The Morgan fingerprint density at radius 3 is 2.55 bits per heavy atom. The summed E-state index contributed by atoms with van der Waals surface area (Å²) in [5.41, 5.74) is 2.45. The number of carbonyl (C=O) groups is 1. The van der Waals surface area contributed by atoms with Crippen LogP contribution in [0.2, 0.25) is 5.02 Å². The number of hydrogen-bond donors (Lipinski definition) is 1. The van der Waals surface area contributed by atoms with Crippen molar-refractivity contribution in [2.24, 2.45) is 5.92 Å². The van der Waals surface area contributed by atoms with Crippen molar-refractivity contribution in [1.82, 2.24) is 9.88 Å². The van der Waals surface area contributed by atoms with Gasteiger partial charge >= 0.3 is 6.09 Å². The normalized spacial score (nSPS) is 18.6. The molecule has 0 bridgehead atoms. The van der Waals surface area contributed by atoms with Gasteiger partial charge in [-0.05, 0) is 17.5 Å². The van der Waals surface area contributed by atoms with E-state index in [9.17, 15) is 9.90 Å². The van der Waals surface area contributed by atoms with Crippen LogP contribution in [0.1, 0.15) is 57.6 Å². The second-order valence-electron chi connectivity index (χ2n) is 6.71. The van der Waals surface area contributed by atoms with Crippen LogP contribution in [0.15, 0.2) is 6.07 Å². The van der Waals surface area contributed by atoms with Crippen LogP contribution < -0.4 is 0 Å². The maximum Gasteiger partial charge on any atom is 0.408 e. The zero-order chi connectivity index (χ0) is 15.2. The maximum absolute atomic E-state index is 11.4. The number of halogens is 1. The zero-order valence-electron chi connectivity index (χ0n) is 12.6. The van der Waals surface area contributed by atoms with E-state index in [1.807, 2.05) is 19.9 Å². The monoisotopic (exact) mass is 296 g/mol. The highest BCUT2D eigenvalue weighted by Crippen LogP contribution is 2.40. The second kappa shape index (κ2) is 4.92. The Hall–Kier alpha value is -1.29. The summed E-state index contributed by atoms with van der Waals surface area (Å²) in [7, 11) is 0. The lowest BCUT2D eigenvalue weighted by Gasteiger charge is -2.26. The van der Waals surface area contributed by atoms with Gasteiger partial charge < -0.3 is 5.11 Å². The number of aromatic nitrogens is 1. The molecule has 0 saturated heterocycles. The Bertz CT molecular complexity index is 550. The van der Waals surface area contributed by atoms with Crippen LogP contribution in [-0.2, 0) is 12.0 Å². The summed E-state index contributed by atoms with van der Waals surface area (Å²) in [6, 6.07) is 1.68. The van der Waals surface area contributed by atoms with Crippen molar-refractivity contribution >= 4 is 17.7 Å². The summed E-state index contributed by atoms with van der Waals surface area (Å²) in [6.45, 7) is 10.6. The molecular formula is C15H21ClN2O2. The Morgan fingerprint density at radius 1 is 1.50 bits per heavy atom. The van der Waals surface area contributed by atoms with Gasteiger partial charge in [0.05, 0.1) is 29.0 Å². The molecular weight excluding hydrogens is 276 g/mol. The Labute approximate surface area is 124 Å². The Kier molecular flexibility index (Phi) is 3.71. The molecule has 0 saturated carbocycles. The van der Waals surface area contributed by atoms with E-state index in [1.54, 1.807) is 0 Å². The van der Waals surface area contributed by atoms with Crippen molar-refractivity contribution in [1.29, 1.82) is 0 Å². The first kappa shape index (κ1) is 15.1. The first-order valence-electron chi connectivity index (χ1n) is 6.82. The van der Waals surface area contributed by atoms with Gasteiger partial charge in [0.25, 0.3) is 0 Å². The van der Waals surface area contributed by atoms with Gasteiger partial charge in [0.1, 0.15) is 0 Å². The minimum atomic E-state index is -0.907. The van der Waals surface area contributed by atoms with E-state index in [-0.39, 0.29) is 17.4 Å². The number of carboxylic acid groups (broad SMARTS) is 1. The van der Waals surface area contributed by atoms with Crippen LogP contribution in [-0.4, -0.2) is 21.1 Å². The van der Waals surface area contributed by atoms with Gasteiger partial charge in [-0.1, -0.05) is 46.2 Å². The van der Waals surface area contributed by atoms with E-state index in [0.717, 1.165) is 17.0 Å². The fourth-order valence-corrected chi connectivity index (χ4v) is 3.20. The van der Waals surface area contributed by atoms with Crippen LogP contribution in [0, 0.1) is 5.92 Å². The van der Waals surface area contributed by atoms with E-state index >= 15 is 0 Å². The van der Waals surface area contributed by atoms with Crippen LogP contribution in [0.4, 0.5) is 4.79 Å². The lowest BCUT2D eigenvalue weighted by atomic mass is 9.90. The average Bonchev–Trinajstić information content (AvgIpc) is 2.64. The molecule has 1 aromatic heterocycles. The molecule has 1 N–H and O–H groups in total. The molecule has 0 aromatic carbocycles. The van der Waals surface area contributed by atoms with Crippen LogP contribution in [0.5, 0.6) is 0 Å². The number of rotatable bonds is 1. The summed E-state index contributed by atoms with van der Waals surface area (Å²) in [5, 5.41) is 9.98. The molecule has 1 aromatic rings. The van der Waals surface area contributed by atoms with E-state index in [2.05, 4.69) is 20.8 Å². The quantitative estimate of drug-likeness (QED) is 0.844. The van der Waals surface area contributed by atoms with Gasteiger partial charge in [0.15, 0.2) is 0 Å². The number of nitrogens with zero attached hydrogens (tertiary/aromatic N) is 2. The fraction of sp³-hybridized carbons (Fsp3) is 0.600. The molecule has 1 aliphatic rings. The van der Waals surface area contributed by atoms with Gasteiger partial charge in [-0.3, -0.25) is 9.88 Å². The van der Waals surface area contributed by atoms with Gasteiger partial charge in [-0.2, -0.15) is 0 Å². The second-order valence-corrected chi connectivity index (χ2v) is 7.12. The van der Waals surface area contributed by atoms with E-state index in [1.165, 1.54) is 4.90 Å². The molecule has 0 spiro atoms. The first-order valence-corrected chi connectivity index (χ1v) is 7.20. The van der Waals surface area contributed by atoms with Crippen molar-refractivity contribution in [2.75, 3.05) is 0 Å². The van der Waals surface area contributed by atoms with Crippen LogP contribution in [0.3, 0.4) is 0 Å². The third-order valence-electron chi connectivity index (χ3n) is 3.63. The van der Waals surface area contributed by atoms with Gasteiger partial charge in [0, 0.05) is 5.41 Å². The molecule has 1 aliphatic heterocycles. The highest BCUT2D eigenvalue weighted by atomic mass is 35.5. The molecule has 0 aliphatic carbocycles. The third-order valence-corrected chi connectivity index (χ3v) is 3.92. The molecule has 20 heavy (non-hydrogen) atoms. The smallest absolute Gasteiger partial charge is 0.408 e. The summed E-state index contributed by atoms with van der Waals surface area (Å²) >= 11 is 6.32. The molecule has 1 amide bonds. The maximum atomic E-state index is 11.4. The van der Waals surface area contributed by atoms with Crippen molar-refractivity contribution in [3.8, 4) is 0 Å². The molecule has 1 atom stereocenters. The molecule has 2 rings (SSSR count). The molecule has 0 radical (unpaired) electrons. The largest absolute Gasteiger partial charge is 0.465 e. The SMILES string of the molecule is CC(C)[C@H]1c2nc(C(C)(C)C)c(Cl)cc2CN1C(=O)O. The lowest BCUT2D eigenvalue weighted by molar-refractivity contribution is 0.115. The molecule has 5 heteroatoms.